The largest absolute Gasteiger partial charge is 0.389 e. The van der Waals surface area contributed by atoms with E-state index in [0.29, 0.717) is 0 Å². The Morgan fingerprint density at radius 2 is 2.08 bits per heavy atom. The van der Waals surface area contributed by atoms with Crippen LogP contribution in [0.4, 0.5) is 8.78 Å². The second-order valence-electron chi connectivity index (χ2n) is 2.77. The van der Waals surface area contributed by atoms with E-state index in [2.05, 4.69) is 0 Å². The van der Waals surface area contributed by atoms with Crippen molar-refractivity contribution in [2.24, 2.45) is 0 Å². The van der Waals surface area contributed by atoms with Crippen LogP contribution in [0.5, 0.6) is 0 Å². The zero-order valence-corrected chi connectivity index (χ0v) is 7.17. The third-order valence-corrected chi connectivity index (χ3v) is 1.51. The molecule has 1 atom stereocenters. The Hall–Kier alpha value is -1.22. The molecule has 1 unspecified atom stereocenters. The molecular formula is C10H10F2O. The highest BCUT2D eigenvalue weighted by Gasteiger charge is 1.99. The summed E-state index contributed by atoms with van der Waals surface area (Å²) in [6, 6.07) is 3.18. The molecule has 0 fully saturated rings. The molecule has 0 radical (unpaired) electrons. The van der Waals surface area contributed by atoms with Crippen molar-refractivity contribution in [1.82, 2.24) is 0 Å². The average molecular weight is 184 g/mol. The SMILES string of the molecule is CC(O)/C=C/c1cc(F)ccc1F. The van der Waals surface area contributed by atoms with Gasteiger partial charge in [-0.25, -0.2) is 8.78 Å². The van der Waals surface area contributed by atoms with Crippen LogP contribution in [0.25, 0.3) is 6.08 Å². The van der Waals surface area contributed by atoms with Gasteiger partial charge < -0.3 is 5.11 Å². The number of rotatable bonds is 2. The van der Waals surface area contributed by atoms with Gasteiger partial charge in [0, 0.05) is 5.56 Å². The maximum Gasteiger partial charge on any atom is 0.130 e. The first kappa shape index (κ1) is 9.86. The van der Waals surface area contributed by atoms with E-state index in [0.717, 1.165) is 18.2 Å². The van der Waals surface area contributed by atoms with E-state index in [1.807, 2.05) is 0 Å². The summed E-state index contributed by atoms with van der Waals surface area (Å²) in [6.07, 6.45) is 2.07. The fourth-order valence-electron chi connectivity index (χ4n) is 0.885. The molecule has 0 saturated carbocycles. The lowest BCUT2D eigenvalue weighted by Gasteiger charge is -1.97. The lowest BCUT2D eigenvalue weighted by atomic mass is 10.2. The van der Waals surface area contributed by atoms with Gasteiger partial charge in [0.1, 0.15) is 11.6 Å². The standard InChI is InChI=1S/C10H10F2O/c1-7(13)2-3-8-6-9(11)4-5-10(8)12/h2-7,13H,1H3/b3-2+. The fourth-order valence-corrected chi connectivity index (χ4v) is 0.885. The van der Waals surface area contributed by atoms with Gasteiger partial charge in [0.05, 0.1) is 6.10 Å². The van der Waals surface area contributed by atoms with Gasteiger partial charge in [0.25, 0.3) is 0 Å². The molecule has 0 aliphatic heterocycles. The molecule has 1 rings (SSSR count). The Balaban J connectivity index is 2.93. The lowest BCUT2D eigenvalue weighted by molar-refractivity contribution is 0.245. The van der Waals surface area contributed by atoms with Gasteiger partial charge in [-0.15, -0.1) is 0 Å². The molecule has 0 bridgehead atoms. The van der Waals surface area contributed by atoms with Crippen LogP contribution in [0.15, 0.2) is 24.3 Å². The second-order valence-corrected chi connectivity index (χ2v) is 2.77. The molecule has 1 aromatic carbocycles. The number of hydrogen-bond acceptors (Lipinski definition) is 1. The maximum absolute atomic E-state index is 12.9. The van der Waals surface area contributed by atoms with Crippen LogP contribution < -0.4 is 0 Å². The first-order valence-electron chi connectivity index (χ1n) is 3.91. The summed E-state index contributed by atoms with van der Waals surface area (Å²) in [4.78, 5) is 0. The van der Waals surface area contributed by atoms with Crippen LogP contribution in [-0.2, 0) is 0 Å². The smallest absolute Gasteiger partial charge is 0.130 e. The van der Waals surface area contributed by atoms with Crippen LogP contribution in [0, 0.1) is 11.6 Å². The predicted octanol–water partition coefficient (Wildman–Crippen LogP) is 2.36. The lowest BCUT2D eigenvalue weighted by Crippen LogP contribution is -1.92. The molecule has 0 saturated heterocycles. The highest BCUT2D eigenvalue weighted by Crippen LogP contribution is 2.11. The number of benzene rings is 1. The Kier molecular flexibility index (Phi) is 3.14. The first-order valence-corrected chi connectivity index (χ1v) is 3.91. The van der Waals surface area contributed by atoms with Gasteiger partial charge in [-0.2, -0.15) is 0 Å². The van der Waals surface area contributed by atoms with Crippen LogP contribution >= 0.6 is 0 Å². The van der Waals surface area contributed by atoms with E-state index in [1.165, 1.54) is 19.1 Å². The van der Waals surface area contributed by atoms with Gasteiger partial charge in [0.2, 0.25) is 0 Å². The van der Waals surface area contributed by atoms with Crippen molar-refractivity contribution in [3.8, 4) is 0 Å². The third kappa shape index (κ3) is 2.95. The highest BCUT2D eigenvalue weighted by molar-refractivity contribution is 5.50. The number of aliphatic hydroxyl groups excluding tert-OH is 1. The van der Waals surface area contributed by atoms with Crippen LogP contribution in [0.2, 0.25) is 0 Å². The van der Waals surface area contributed by atoms with Gasteiger partial charge in [-0.3, -0.25) is 0 Å². The van der Waals surface area contributed by atoms with Crippen LogP contribution in [0.1, 0.15) is 12.5 Å². The van der Waals surface area contributed by atoms with Crippen molar-refractivity contribution in [2.45, 2.75) is 13.0 Å². The molecule has 0 aliphatic carbocycles. The van der Waals surface area contributed by atoms with Crippen LogP contribution in [-0.4, -0.2) is 11.2 Å². The topological polar surface area (TPSA) is 20.2 Å². The number of aliphatic hydroxyl groups is 1. The van der Waals surface area contributed by atoms with Crippen molar-refractivity contribution in [3.05, 3.63) is 41.5 Å². The molecule has 13 heavy (non-hydrogen) atoms. The fraction of sp³-hybridized carbons (Fsp3) is 0.200. The Bertz CT molecular complexity index is 319. The molecule has 0 aromatic heterocycles. The predicted molar refractivity (Wildman–Crippen MR) is 47.1 cm³/mol. The maximum atomic E-state index is 12.9. The Morgan fingerprint density at radius 1 is 1.38 bits per heavy atom. The van der Waals surface area contributed by atoms with E-state index in [4.69, 9.17) is 5.11 Å². The summed E-state index contributed by atoms with van der Waals surface area (Å²) in [5.41, 5.74) is 0.140. The molecule has 0 heterocycles. The van der Waals surface area contributed by atoms with Crippen LogP contribution in [0.3, 0.4) is 0 Å². The Labute approximate surface area is 75.3 Å². The molecule has 1 nitrogen and oxygen atoms in total. The summed E-state index contributed by atoms with van der Waals surface area (Å²) in [6.45, 7) is 1.54. The molecule has 0 aliphatic rings. The normalized spacial score (nSPS) is 13.5. The van der Waals surface area contributed by atoms with Gasteiger partial charge in [-0.05, 0) is 25.1 Å². The zero-order valence-electron chi connectivity index (χ0n) is 7.17. The third-order valence-electron chi connectivity index (χ3n) is 1.51. The highest BCUT2D eigenvalue weighted by atomic mass is 19.1. The van der Waals surface area contributed by atoms with Gasteiger partial charge >= 0.3 is 0 Å². The number of hydrogen-bond donors (Lipinski definition) is 1. The molecular weight excluding hydrogens is 174 g/mol. The quantitative estimate of drug-likeness (QED) is 0.748. The molecule has 1 aromatic rings. The monoisotopic (exact) mass is 184 g/mol. The van der Waals surface area contributed by atoms with Crippen molar-refractivity contribution in [3.63, 3.8) is 0 Å². The minimum absolute atomic E-state index is 0.140. The summed E-state index contributed by atoms with van der Waals surface area (Å²) in [5.74, 6) is -0.995. The van der Waals surface area contributed by atoms with E-state index in [9.17, 15) is 8.78 Å². The molecule has 1 N–H and O–H groups in total. The first-order chi connectivity index (χ1) is 6.09. The molecule has 3 heteroatoms. The second kappa shape index (κ2) is 4.14. The van der Waals surface area contributed by atoms with Gasteiger partial charge in [-0.1, -0.05) is 12.2 Å². The van der Waals surface area contributed by atoms with E-state index >= 15 is 0 Å². The van der Waals surface area contributed by atoms with Crippen molar-refractivity contribution >= 4 is 6.08 Å². The van der Waals surface area contributed by atoms with E-state index in [-0.39, 0.29) is 5.56 Å². The van der Waals surface area contributed by atoms with Gasteiger partial charge in [0.15, 0.2) is 0 Å². The minimum Gasteiger partial charge on any atom is -0.389 e. The van der Waals surface area contributed by atoms with Crippen molar-refractivity contribution in [1.29, 1.82) is 0 Å². The number of halogens is 2. The van der Waals surface area contributed by atoms with Crippen molar-refractivity contribution < 1.29 is 13.9 Å². The summed E-state index contributed by atoms with van der Waals surface area (Å²) >= 11 is 0. The van der Waals surface area contributed by atoms with Crippen molar-refractivity contribution in [2.75, 3.05) is 0 Å². The summed E-state index contributed by atoms with van der Waals surface area (Å²) < 4.78 is 25.5. The summed E-state index contributed by atoms with van der Waals surface area (Å²) in [7, 11) is 0. The summed E-state index contributed by atoms with van der Waals surface area (Å²) in [5, 5.41) is 8.87. The molecule has 0 spiro atoms. The minimum atomic E-state index is -0.664. The zero-order chi connectivity index (χ0) is 9.84. The van der Waals surface area contributed by atoms with E-state index < -0.39 is 17.7 Å². The molecule has 70 valence electrons. The molecule has 0 amide bonds. The van der Waals surface area contributed by atoms with E-state index in [1.54, 1.807) is 0 Å². The Morgan fingerprint density at radius 3 is 2.69 bits per heavy atom. The average Bonchev–Trinajstić information content (AvgIpc) is 2.06.